The van der Waals surface area contributed by atoms with Crippen molar-refractivity contribution in [1.29, 1.82) is 0 Å². The second-order valence-electron chi connectivity index (χ2n) is 7.75. The Bertz CT molecular complexity index is 777. The molecule has 144 valence electrons. The fourth-order valence-corrected chi connectivity index (χ4v) is 3.68. The van der Waals surface area contributed by atoms with Crippen molar-refractivity contribution in [3.05, 3.63) is 64.7 Å². The second-order valence-corrected chi connectivity index (χ2v) is 7.75. The standard InChI is InChI=1S/C23H31N3O/c1-17-7-8-20(15-18(17)2)23(27)24-16-22(26-13-5-6-14-26)19-9-11-21(12-10-19)25(3)4/h7-12,15,22H,5-6,13-14,16H2,1-4H3,(H,24,27)/t22-/m0/s1. The smallest absolute Gasteiger partial charge is 0.251 e. The van der Waals surface area contributed by atoms with E-state index in [-0.39, 0.29) is 11.9 Å². The Labute approximate surface area is 163 Å². The van der Waals surface area contributed by atoms with Gasteiger partial charge in [0.1, 0.15) is 0 Å². The van der Waals surface area contributed by atoms with Crippen LogP contribution in [-0.4, -0.2) is 44.5 Å². The number of nitrogens with zero attached hydrogens (tertiary/aromatic N) is 2. The van der Waals surface area contributed by atoms with E-state index in [1.807, 2.05) is 25.1 Å². The highest BCUT2D eigenvalue weighted by Crippen LogP contribution is 2.26. The van der Waals surface area contributed by atoms with Crippen molar-refractivity contribution in [1.82, 2.24) is 10.2 Å². The van der Waals surface area contributed by atoms with E-state index in [9.17, 15) is 4.79 Å². The molecule has 1 atom stereocenters. The van der Waals surface area contributed by atoms with Gasteiger partial charge in [-0.05, 0) is 80.7 Å². The molecule has 1 saturated heterocycles. The lowest BCUT2D eigenvalue weighted by molar-refractivity contribution is 0.0938. The van der Waals surface area contributed by atoms with Gasteiger partial charge < -0.3 is 10.2 Å². The average molecular weight is 366 g/mol. The fourth-order valence-electron chi connectivity index (χ4n) is 3.68. The van der Waals surface area contributed by atoms with Gasteiger partial charge in [-0.3, -0.25) is 9.69 Å². The number of hydrogen-bond acceptors (Lipinski definition) is 3. The van der Waals surface area contributed by atoms with Crippen LogP contribution in [-0.2, 0) is 0 Å². The fraction of sp³-hybridized carbons (Fsp3) is 0.435. The summed E-state index contributed by atoms with van der Waals surface area (Å²) in [5.74, 6) is 0.00667. The Morgan fingerprint density at radius 2 is 1.70 bits per heavy atom. The Morgan fingerprint density at radius 1 is 1.04 bits per heavy atom. The minimum atomic E-state index is 0.00667. The maximum atomic E-state index is 12.7. The van der Waals surface area contributed by atoms with Gasteiger partial charge in [0.2, 0.25) is 0 Å². The molecule has 1 fully saturated rings. The third kappa shape index (κ3) is 4.69. The molecule has 1 N–H and O–H groups in total. The van der Waals surface area contributed by atoms with Crippen molar-refractivity contribution < 1.29 is 4.79 Å². The summed E-state index contributed by atoms with van der Waals surface area (Å²) in [6, 6.07) is 14.8. The highest BCUT2D eigenvalue weighted by atomic mass is 16.1. The third-order valence-corrected chi connectivity index (χ3v) is 5.60. The van der Waals surface area contributed by atoms with E-state index in [0.717, 1.165) is 24.2 Å². The highest BCUT2D eigenvalue weighted by Gasteiger charge is 2.24. The molecular weight excluding hydrogens is 334 g/mol. The molecule has 4 nitrogen and oxygen atoms in total. The molecule has 1 amide bonds. The van der Waals surface area contributed by atoms with Gasteiger partial charge >= 0.3 is 0 Å². The Hall–Kier alpha value is -2.33. The SMILES string of the molecule is Cc1ccc(C(=O)NC[C@@H](c2ccc(N(C)C)cc2)N2CCCC2)cc1C. The Kier molecular flexibility index (Phi) is 6.17. The predicted octanol–water partition coefficient (Wildman–Crippen LogP) is 3.94. The van der Waals surface area contributed by atoms with Crippen LogP contribution in [0.15, 0.2) is 42.5 Å². The lowest BCUT2D eigenvalue weighted by Gasteiger charge is -2.28. The number of benzene rings is 2. The van der Waals surface area contributed by atoms with Crippen LogP contribution in [0.3, 0.4) is 0 Å². The maximum absolute atomic E-state index is 12.7. The van der Waals surface area contributed by atoms with E-state index in [1.165, 1.54) is 29.7 Å². The summed E-state index contributed by atoms with van der Waals surface area (Å²) >= 11 is 0. The summed E-state index contributed by atoms with van der Waals surface area (Å²) in [5, 5.41) is 3.17. The van der Waals surface area contributed by atoms with Crippen LogP contribution in [0.5, 0.6) is 0 Å². The monoisotopic (exact) mass is 365 g/mol. The molecule has 0 bridgehead atoms. The van der Waals surface area contributed by atoms with Gasteiger partial charge in [-0.1, -0.05) is 18.2 Å². The van der Waals surface area contributed by atoms with E-state index < -0.39 is 0 Å². The minimum absolute atomic E-state index is 0.00667. The Balaban J connectivity index is 1.73. The summed E-state index contributed by atoms with van der Waals surface area (Å²) in [4.78, 5) is 17.3. The molecule has 0 saturated carbocycles. The average Bonchev–Trinajstić information content (AvgIpc) is 3.19. The molecule has 1 aliphatic rings. The van der Waals surface area contributed by atoms with Crippen molar-refractivity contribution in [3.63, 3.8) is 0 Å². The summed E-state index contributed by atoms with van der Waals surface area (Å²) in [7, 11) is 4.10. The van der Waals surface area contributed by atoms with Crippen LogP contribution in [0, 0.1) is 13.8 Å². The summed E-state index contributed by atoms with van der Waals surface area (Å²) in [6.07, 6.45) is 2.47. The molecule has 0 radical (unpaired) electrons. The van der Waals surface area contributed by atoms with Crippen molar-refractivity contribution in [2.75, 3.05) is 38.6 Å². The molecule has 0 unspecified atom stereocenters. The highest BCUT2D eigenvalue weighted by molar-refractivity contribution is 5.94. The summed E-state index contributed by atoms with van der Waals surface area (Å²) in [6.45, 7) is 6.94. The van der Waals surface area contributed by atoms with Crippen LogP contribution in [0.2, 0.25) is 0 Å². The van der Waals surface area contributed by atoms with E-state index in [0.29, 0.717) is 6.54 Å². The number of amides is 1. The summed E-state index contributed by atoms with van der Waals surface area (Å²) in [5.41, 5.74) is 5.56. The number of likely N-dealkylation sites (tertiary alicyclic amines) is 1. The molecule has 1 heterocycles. The molecule has 0 aromatic heterocycles. The van der Waals surface area contributed by atoms with Crippen molar-refractivity contribution >= 4 is 11.6 Å². The topological polar surface area (TPSA) is 35.6 Å². The van der Waals surface area contributed by atoms with E-state index in [1.54, 1.807) is 0 Å². The zero-order valence-corrected chi connectivity index (χ0v) is 17.0. The summed E-state index contributed by atoms with van der Waals surface area (Å²) < 4.78 is 0. The van der Waals surface area contributed by atoms with E-state index >= 15 is 0 Å². The Morgan fingerprint density at radius 3 is 2.30 bits per heavy atom. The predicted molar refractivity (Wildman–Crippen MR) is 113 cm³/mol. The first-order valence-corrected chi connectivity index (χ1v) is 9.82. The van der Waals surface area contributed by atoms with E-state index in [2.05, 4.69) is 60.4 Å². The lowest BCUT2D eigenvalue weighted by Crippen LogP contribution is -2.36. The van der Waals surface area contributed by atoms with Gasteiger partial charge in [0.25, 0.3) is 5.91 Å². The largest absolute Gasteiger partial charge is 0.378 e. The van der Waals surface area contributed by atoms with Gasteiger partial charge in [-0.15, -0.1) is 0 Å². The first kappa shape index (κ1) is 19.4. The number of anilines is 1. The van der Waals surface area contributed by atoms with Crippen LogP contribution in [0.4, 0.5) is 5.69 Å². The van der Waals surface area contributed by atoms with Gasteiger partial charge in [0.05, 0.1) is 6.04 Å². The van der Waals surface area contributed by atoms with Gasteiger partial charge in [-0.2, -0.15) is 0 Å². The van der Waals surface area contributed by atoms with Gasteiger partial charge in [0, 0.05) is 31.9 Å². The van der Waals surface area contributed by atoms with Crippen molar-refractivity contribution in [3.8, 4) is 0 Å². The van der Waals surface area contributed by atoms with Crippen LogP contribution < -0.4 is 10.2 Å². The first-order valence-electron chi connectivity index (χ1n) is 9.82. The van der Waals surface area contributed by atoms with Gasteiger partial charge in [0.15, 0.2) is 0 Å². The van der Waals surface area contributed by atoms with Crippen molar-refractivity contribution in [2.45, 2.75) is 32.7 Å². The number of nitrogens with one attached hydrogen (secondary N) is 1. The van der Waals surface area contributed by atoms with Crippen LogP contribution >= 0.6 is 0 Å². The number of carbonyl (C=O) groups is 1. The van der Waals surface area contributed by atoms with E-state index in [4.69, 9.17) is 0 Å². The molecule has 2 aromatic carbocycles. The van der Waals surface area contributed by atoms with Crippen LogP contribution in [0.1, 0.15) is 45.9 Å². The lowest BCUT2D eigenvalue weighted by atomic mass is 10.0. The zero-order valence-electron chi connectivity index (χ0n) is 17.0. The quantitative estimate of drug-likeness (QED) is 0.842. The molecule has 0 spiro atoms. The zero-order chi connectivity index (χ0) is 19.4. The molecule has 1 aliphatic heterocycles. The number of carbonyl (C=O) groups excluding carboxylic acids is 1. The second kappa shape index (κ2) is 8.57. The molecule has 4 heteroatoms. The number of aryl methyl sites for hydroxylation is 2. The maximum Gasteiger partial charge on any atom is 0.251 e. The number of rotatable bonds is 6. The molecule has 2 aromatic rings. The van der Waals surface area contributed by atoms with Crippen molar-refractivity contribution in [2.24, 2.45) is 0 Å². The number of hydrogen-bond donors (Lipinski definition) is 1. The molecule has 0 aliphatic carbocycles. The molecular formula is C23H31N3O. The van der Waals surface area contributed by atoms with Crippen LogP contribution in [0.25, 0.3) is 0 Å². The minimum Gasteiger partial charge on any atom is -0.378 e. The molecule has 27 heavy (non-hydrogen) atoms. The van der Waals surface area contributed by atoms with Gasteiger partial charge in [-0.25, -0.2) is 0 Å². The normalized spacial score (nSPS) is 15.6. The third-order valence-electron chi connectivity index (χ3n) is 5.60. The molecule has 3 rings (SSSR count). The first-order chi connectivity index (χ1) is 13.0.